The zero-order chi connectivity index (χ0) is 14.4. The minimum absolute atomic E-state index is 0.159. The number of thiophene rings is 1. The summed E-state index contributed by atoms with van der Waals surface area (Å²) in [5.41, 5.74) is 7.39. The lowest BCUT2D eigenvalue weighted by atomic mass is 9.98. The van der Waals surface area contributed by atoms with E-state index in [0.717, 1.165) is 11.1 Å². The number of amides is 1. The van der Waals surface area contributed by atoms with Crippen molar-refractivity contribution >= 4 is 17.2 Å². The van der Waals surface area contributed by atoms with Crippen molar-refractivity contribution in [3.05, 3.63) is 58.3 Å². The van der Waals surface area contributed by atoms with Gasteiger partial charge in [0.25, 0.3) is 0 Å². The summed E-state index contributed by atoms with van der Waals surface area (Å²) in [7, 11) is 0. The highest BCUT2D eigenvalue weighted by atomic mass is 32.1. The number of aliphatic hydroxyl groups is 1. The van der Waals surface area contributed by atoms with E-state index < -0.39 is 6.10 Å². The van der Waals surface area contributed by atoms with Crippen molar-refractivity contribution < 1.29 is 9.90 Å². The Labute approximate surface area is 122 Å². The van der Waals surface area contributed by atoms with Gasteiger partial charge in [0.2, 0.25) is 5.91 Å². The number of benzene rings is 1. The fraction of sp³-hybridized carbons (Fsp3) is 0.267. The van der Waals surface area contributed by atoms with Crippen molar-refractivity contribution in [2.24, 2.45) is 5.73 Å². The third kappa shape index (κ3) is 3.66. The summed E-state index contributed by atoms with van der Waals surface area (Å²) >= 11 is 1.52. The van der Waals surface area contributed by atoms with Crippen molar-refractivity contribution in [2.75, 3.05) is 13.1 Å². The lowest BCUT2D eigenvalue weighted by molar-refractivity contribution is -0.122. The molecule has 2 aromatic rings. The molecule has 0 aliphatic heterocycles. The standard InChI is InChI=1S/C15H18N2O2S/c16-8-13(11-4-2-1-3-5-11)15(19)17-9-14(18)12-6-7-20-10-12/h1-7,10,13-14,18H,8-9,16H2,(H,17,19). The molecular weight excluding hydrogens is 272 g/mol. The van der Waals surface area contributed by atoms with Gasteiger partial charge in [-0.1, -0.05) is 30.3 Å². The summed E-state index contributed by atoms with van der Waals surface area (Å²) in [6.07, 6.45) is -0.681. The summed E-state index contributed by atoms with van der Waals surface area (Å²) < 4.78 is 0. The minimum atomic E-state index is -0.681. The van der Waals surface area contributed by atoms with Crippen LogP contribution in [0.5, 0.6) is 0 Å². The Bertz CT molecular complexity index is 528. The molecule has 2 rings (SSSR count). The molecule has 0 saturated heterocycles. The van der Waals surface area contributed by atoms with Gasteiger partial charge in [0, 0.05) is 13.1 Å². The van der Waals surface area contributed by atoms with E-state index in [1.54, 1.807) is 0 Å². The molecule has 2 unspecified atom stereocenters. The molecule has 4 nitrogen and oxygen atoms in total. The van der Waals surface area contributed by atoms with Gasteiger partial charge in [-0.2, -0.15) is 11.3 Å². The van der Waals surface area contributed by atoms with E-state index in [4.69, 9.17) is 5.73 Å². The monoisotopic (exact) mass is 290 g/mol. The van der Waals surface area contributed by atoms with Crippen LogP contribution in [-0.2, 0) is 4.79 Å². The fourth-order valence-electron chi connectivity index (χ4n) is 1.98. The summed E-state index contributed by atoms with van der Waals surface area (Å²) in [6.45, 7) is 0.434. The molecule has 2 atom stereocenters. The Kier molecular flexibility index (Phi) is 5.29. The van der Waals surface area contributed by atoms with Crippen LogP contribution in [0.1, 0.15) is 23.1 Å². The van der Waals surface area contributed by atoms with Gasteiger partial charge in [0.1, 0.15) is 0 Å². The smallest absolute Gasteiger partial charge is 0.228 e. The average molecular weight is 290 g/mol. The van der Waals surface area contributed by atoms with Crippen molar-refractivity contribution in [2.45, 2.75) is 12.0 Å². The molecule has 0 saturated carbocycles. The van der Waals surface area contributed by atoms with Gasteiger partial charge in [-0.3, -0.25) is 4.79 Å². The van der Waals surface area contributed by atoms with E-state index in [2.05, 4.69) is 5.32 Å². The number of carbonyl (C=O) groups excluding carboxylic acids is 1. The molecule has 0 aliphatic rings. The van der Waals surface area contributed by atoms with Crippen LogP contribution in [0.4, 0.5) is 0 Å². The second-order valence-corrected chi connectivity index (χ2v) is 5.30. The number of nitrogens with two attached hydrogens (primary N) is 1. The van der Waals surface area contributed by atoms with Crippen molar-refractivity contribution in [3.63, 3.8) is 0 Å². The Morgan fingerprint density at radius 1 is 1.25 bits per heavy atom. The van der Waals surface area contributed by atoms with E-state index in [9.17, 15) is 9.90 Å². The van der Waals surface area contributed by atoms with E-state index >= 15 is 0 Å². The molecule has 20 heavy (non-hydrogen) atoms. The van der Waals surface area contributed by atoms with Crippen LogP contribution in [0.25, 0.3) is 0 Å². The van der Waals surface area contributed by atoms with E-state index in [0.29, 0.717) is 0 Å². The Hall–Kier alpha value is -1.69. The predicted octanol–water partition coefficient (Wildman–Crippen LogP) is 1.64. The molecular formula is C15H18N2O2S. The highest BCUT2D eigenvalue weighted by molar-refractivity contribution is 7.07. The van der Waals surface area contributed by atoms with Crippen LogP contribution in [0.15, 0.2) is 47.2 Å². The van der Waals surface area contributed by atoms with Crippen LogP contribution in [0.2, 0.25) is 0 Å². The Morgan fingerprint density at radius 2 is 2.00 bits per heavy atom. The molecule has 1 aromatic heterocycles. The van der Waals surface area contributed by atoms with Crippen LogP contribution < -0.4 is 11.1 Å². The molecule has 0 spiro atoms. The summed E-state index contributed by atoms with van der Waals surface area (Å²) in [5.74, 6) is -0.543. The number of aliphatic hydroxyl groups excluding tert-OH is 1. The SMILES string of the molecule is NCC(C(=O)NCC(O)c1ccsc1)c1ccccc1. The summed E-state index contributed by atoms with van der Waals surface area (Å²) in [5, 5.41) is 16.5. The third-order valence-electron chi connectivity index (χ3n) is 3.15. The molecule has 0 radical (unpaired) electrons. The van der Waals surface area contributed by atoms with Crippen LogP contribution >= 0.6 is 11.3 Å². The molecule has 1 amide bonds. The van der Waals surface area contributed by atoms with Crippen LogP contribution in [0.3, 0.4) is 0 Å². The van der Waals surface area contributed by atoms with E-state index in [-0.39, 0.29) is 24.9 Å². The first kappa shape index (κ1) is 14.7. The first-order valence-electron chi connectivity index (χ1n) is 6.45. The molecule has 1 aromatic carbocycles. The lowest BCUT2D eigenvalue weighted by Gasteiger charge is -2.17. The summed E-state index contributed by atoms with van der Waals surface area (Å²) in [6, 6.07) is 11.3. The minimum Gasteiger partial charge on any atom is -0.387 e. The van der Waals surface area contributed by atoms with Crippen LogP contribution in [-0.4, -0.2) is 24.1 Å². The molecule has 4 N–H and O–H groups in total. The fourth-order valence-corrected chi connectivity index (χ4v) is 2.69. The van der Waals surface area contributed by atoms with Crippen molar-refractivity contribution in [3.8, 4) is 0 Å². The topological polar surface area (TPSA) is 75.4 Å². The zero-order valence-electron chi connectivity index (χ0n) is 11.0. The summed E-state index contributed by atoms with van der Waals surface area (Å²) in [4.78, 5) is 12.1. The maximum atomic E-state index is 12.1. The van der Waals surface area contributed by atoms with Crippen LogP contribution in [0, 0.1) is 0 Å². The number of rotatable bonds is 6. The first-order valence-corrected chi connectivity index (χ1v) is 7.39. The maximum Gasteiger partial charge on any atom is 0.228 e. The Morgan fingerprint density at radius 3 is 2.60 bits per heavy atom. The van der Waals surface area contributed by atoms with Crippen molar-refractivity contribution in [1.29, 1.82) is 0 Å². The zero-order valence-corrected chi connectivity index (χ0v) is 11.8. The highest BCUT2D eigenvalue weighted by Gasteiger charge is 2.19. The normalized spacial score (nSPS) is 13.7. The number of hydrogen-bond acceptors (Lipinski definition) is 4. The van der Waals surface area contributed by atoms with Gasteiger partial charge in [-0.15, -0.1) is 0 Å². The molecule has 0 aliphatic carbocycles. The Balaban J connectivity index is 1.93. The largest absolute Gasteiger partial charge is 0.387 e. The van der Waals surface area contributed by atoms with Gasteiger partial charge in [-0.25, -0.2) is 0 Å². The van der Waals surface area contributed by atoms with Gasteiger partial charge >= 0.3 is 0 Å². The predicted molar refractivity (Wildman–Crippen MR) is 80.5 cm³/mol. The van der Waals surface area contributed by atoms with Gasteiger partial charge in [0.15, 0.2) is 0 Å². The lowest BCUT2D eigenvalue weighted by Crippen LogP contribution is -2.35. The van der Waals surface area contributed by atoms with Gasteiger partial charge in [0.05, 0.1) is 12.0 Å². The third-order valence-corrected chi connectivity index (χ3v) is 3.85. The number of carbonyl (C=O) groups is 1. The first-order chi connectivity index (χ1) is 9.72. The van der Waals surface area contributed by atoms with Gasteiger partial charge < -0.3 is 16.2 Å². The maximum absolute atomic E-state index is 12.1. The molecule has 106 valence electrons. The average Bonchev–Trinajstić information content (AvgIpc) is 3.01. The van der Waals surface area contributed by atoms with E-state index in [1.807, 2.05) is 47.2 Å². The number of hydrogen-bond donors (Lipinski definition) is 3. The number of nitrogens with one attached hydrogen (secondary N) is 1. The van der Waals surface area contributed by atoms with Gasteiger partial charge in [-0.05, 0) is 28.0 Å². The molecule has 0 fully saturated rings. The molecule has 1 heterocycles. The highest BCUT2D eigenvalue weighted by Crippen LogP contribution is 2.17. The molecule has 0 bridgehead atoms. The van der Waals surface area contributed by atoms with E-state index in [1.165, 1.54) is 11.3 Å². The second-order valence-electron chi connectivity index (χ2n) is 4.52. The van der Waals surface area contributed by atoms with Crippen molar-refractivity contribution in [1.82, 2.24) is 5.32 Å². The molecule has 5 heteroatoms. The second kappa shape index (κ2) is 7.19. The quantitative estimate of drug-likeness (QED) is 0.757.